The quantitative estimate of drug-likeness (QED) is 0.894. The van der Waals surface area contributed by atoms with E-state index in [1.54, 1.807) is 7.11 Å². The molecule has 0 unspecified atom stereocenters. The lowest BCUT2D eigenvalue weighted by Gasteiger charge is -2.26. The van der Waals surface area contributed by atoms with Crippen molar-refractivity contribution >= 4 is 15.9 Å². The van der Waals surface area contributed by atoms with Crippen molar-refractivity contribution in [3.8, 4) is 5.75 Å². The summed E-state index contributed by atoms with van der Waals surface area (Å²) >= 11 is 3.52. The third kappa shape index (κ3) is 3.23. The summed E-state index contributed by atoms with van der Waals surface area (Å²) in [5.41, 5.74) is 1.54. The monoisotopic (exact) mass is 297 g/mol. The van der Waals surface area contributed by atoms with E-state index in [-0.39, 0.29) is 5.54 Å². The average molecular weight is 298 g/mol. The lowest BCUT2D eigenvalue weighted by Crippen LogP contribution is -2.40. The van der Waals surface area contributed by atoms with E-state index >= 15 is 0 Å². The van der Waals surface area contributed by atoms with Crippen molar-refractivity contribution in [3.63, 3.8) is 0 Å². The standard InChI is InChI=1S/C14H20BrNO/c1-14(2,11-5-6-11)16-9-10-4-7-13(17-3)12(15)8-10/h4,7-8,11,16H,5-6,9H2,1-3H3. The number of hydrogen-bond acceptors (Lipinski definition) is 2. The number of hydrogen-bond donors (Lipinski definition) is 1. The van der Waals surface area contributed by atoms with Crippen molar-refractivity contribution in [2.75, 3.05) is 7.11 Å². The van der Waals surface area contributed by atoms with E-state index in [0.717, 1.165) is 22.7 Å². The maximum Gasteiger partial charge on any atom is 0.133 e. The first kappa shape index (κ1) is 12.9. The molecule has 1 aromatic carbocycles. The molecular formula is C14H20BrNO. The Labute approximate surface area is 112 Å². The Morgan fingerprint density at radius 3 is 2.65 bits per heavy atom. The molecule has 0 heterocycles. The Bertz CT molecular complexity index is 399. The molecule has 3 heteroatoms. The van der Waals surface area contributed by atoms with Crippen molar-refractivity contribution in [2.45, 2.75) is 38.8 Å². The SMILES string of the molecule is COc1ccc(CNC(C)(C)C2CC2)cc1Br. The highest BCUT2D eigenvalue weighted by Crippen LogP contribution is 2.39. The van der Waals surface area contributed by atoms with Gasteiger partial charge in [0.05, 0.1) is 11.6 Å². The Hall–Kier alpha value is -0.540. The summed E-state index contributed by atoms with van der Waals surface area (Å²) in [5, 5.41) is 3.64. The molecule has 0 aromatic heterocycles. The van der Waals surface area contributed by atoms with Crippen LogP contribution in [0.1, 0.15) is 32.3 Å². The van der Waals surface area contributed by atoms with Gasteiger partial charge in [0, 0.05) is 12.1 Å². The number of nitrogens with one attached hydrogen (secondary N) is 1. The van der Waals surface area contributed by atoms with Crippen molar-refractivity contribution < 1.29 is 4.74 Å². The van der Waals surface area contributed by atoms with Gasteiger partial charge in [0.2, 0.25) is 0 Å². The smallest absolute Gasteiger partial charge is 0.133 e. The van der Waals surface area contributed by atoms with Gasteiger partial charge in [0.1, 0.15) is 5.75 Å². The minimum absolute atomic E-state index is 0.256. The number of methoxy groups -OCH3 is 1. The van der Waals surface area contributed by atoms with Crippen LogP contribution < -0.4 is 10.1 Å². The van der Waals surface area contributed by atoms with Crippen molar-refractivity contribution in [1.29, 1.82) is 0 Å². The Kier molecular flexibility index (Phi) is 3.79. The fraction of sp³-hybridized carbons (Fsp3) is 0.571. The van der Waals surface area contributed by atoms with Crippen LogP contribution in [-0.2, 0) is 6.54 Å². The highest BCUT2D eigenvalue weighted by Gasteiger charge is 2.37. The fourth-order valence-electron chi connectivity index (χ4n) is 2.10. The fourth-order valence-corrected chi connectivity index (χ4v) is 2.69. The zero-order chi connectivity index (χ0) is 12.5. The molecule has 1 N–H and O–H groups in total. The van der Waals surface area contributed by atoms with Crippen LogP contribution in [0.15, 0.2) is 22.7 Å². The molecule has 0 aliphatic heterocycles. The van der Waals surface area contributed by atoms with Crippen LogP contribution in [0.4, 0.5) is 0 Å². The second-order valence-corrected chi connectivity index (χ2v) is 6.17. The Morgan fingerprint density at radius 1 is 1.41 bits per heavy atom. The van der Waals surface area contributed by atoms with Crippen molar-refractivity contribution in [2.24, 2.45) is 5.92 Å². The molecule has 1 aliphatic rings. The lowest BCUT2D eigenvalue weighted by atomic mass is 9.98. The van der Waals surface area contributed by atoms with E-state index in [2.05, 4.69) is 47.2 Å². The zero-order valence-electron chi connectivity index (χ0n) is 10.7. The third-order valence-corrected chi connectivity index (χ3v) is 4.18. The first-order valence-corrected chi connectivity index (χ1v) is 6.89. The summed E-state index contributed by atoms with van der Waals surface area (Å²) in [5.74, 6) is 1.74. The van der Waals surface area contributed by atoms with Crippen LogP contribution in [0.3, 0.4) is 0 Å². The van der Waals surface area contributed by atoms with Gasteiger partial charge in [-0.1, -0.05) is 6.07 Å². The van der Waals surface area contributed by atoms with Crippen LogP contribution in [0.5, 0.6) is 5.75 Å². The number of benzene rings is 1. The number of halogens is 1. The van der Waals surface area contributed by atoms with Crippen LogP contribution in [-0.4, -0.2) is 12.6 Å². The van der Waals surface area contributed by atoms with E-state index in [1.807, 2.05) is 6.07 Å². The number of ether oxygens (including phenoxy) is 1. The van der Waals surface area contributed by atoms with E-state index in [9.17, 15) is 0 Å². The van der Waals surface area contributed by atoms with Gasteiger partial charge in [-0.15, -0.1) is 0 Å². The van der Waals surface area contributed by atoms with Gasteiger partial charge in [-0.25, -0.2) is 0 Å². The second-order valence-electron chi connectivity index (χ2n) is 5.32. The second kappa shape index (κ2) is 4.99. The molecule has 2 nitrogen and oxygen atoms in total. The predicted octanol–water partition coefficient (Wildman–Crippen LogP) is 3.74. The number of rotatable bonds is 5. The minimum atomic E-state index is 0.256. The Balaban J connectivity index is 1.97. The molecule has 1 fully saturated rings. The van der Waals surface area contributed by atoms with E-state index in [0.29, 0.717) is 0 Å². The van der Waals surface area contributed by atoms with Crippen molar-refractivity contribution in [1.82, 2.24) is 5.32 Å². The molecule has 0 amide bonds. The molecule has 0 saturated heterocycles. The van der Waals surface area contributed by atoms with Crippen molar-refractivity contribution in [3.05, 3.63) is 28.2 Å². The first-order chi connectivity index (χ1) is 8.03. The predicted molar refractivity (Wildman–Crippen MR) is 74.3 cm³/mol. The van der Waals surface area contributed by atoms with E-state index < -0.39 is 0 Å². The van der Waals surface area contributed by atoms with Gasteiger partial charge in [0.25, 0.3) is 0 Å². The van der Waals surface area contributed by atoms with Crippen LogP contribution in [0.25, 0.3) is 0 Å². The molecule has 94 valence electrons. The van der Waals surface area contributed by atoms with E-state index in [1.165, 1.54) is 18.4 Å². The zero-order valence-corrected chi connectivity index (χ0v) is 12.3. The molecule has 2 rings (SSSR count). The normalized spacial score (nSPS) is 16.0. The molecule has 0 radical (unpaired) electrons. The average Bonchev–Trinajstić information content (AvgIpc) is 3.11. The molecular weight excluding hydrogens is 278 g/mol. The first-order valence-electron chi connectivity index (χ1n) is 6.10. The summed E-state index contributed by atoms with van der Waals surface area (Å²) in [4.78, 5) is 0. The molecule has 0 spiro atoms. The van der Waals surface area contributed by atoms with Gasteiger partial charge in [-0.05, 0) is 66.2 Å². The lowest BCUT2D eigenvalue weighted by molar-refractivity contribution is 0.339. The van der Waals surface area contributed by atoms with Gasteiger partial charge in [-0.3, -0.25) is 0 Å². The summed E-state index contributed by atoms with van der Waals surface area (Å²) in [6.45, 7) is 5.50. The maximum absolute atomic E-state index is 5.23. The van der Waals surface area contributed by atoms with E-state index in [4.69, 9.17) is 4.74 Å². The molecule has 0 bridgehead atoms. The molecule has 1 aromatic rings. The topological polar surface area (TPSA) is 21.3 Å². The highest BCUT2D eigenvalue weighted by atomic mass is 79.9. The van der Waals surface area contributed by atoms with Gasteiger partial charge >= 0.3 is 0 Å². The molecule has 1 saturated carbocycles. The summed E-state index contributed by atoms with van der Waals surface area (Å²) in [6.07, 6.45) is 2.73. The molecule has 17 heavy (non-hydrogen) atoms. The maximum atomic E-state index is 5.23. The third-order valence-electron chi connectivity index (χ3n) is 3.56. The van der Waals surface area contributed by atoms with Crippen LogP contribution in [0, 0.1) is 5.92 Å². The summed E-state index contributed by atoms with van der Waals surface area (Å²) < 4.78 is 6.24. The van der Waals surface area contributed by atoms with Gasteiger partial charge in [-0.2, -0.15) is 0 Å². The highest BCUT2D eigenvalue weighted by molar-refractivity contribution is 9.10. The van der Waals surface area contributed by atoms with Gasteiger partial charge in [0.15, 0.2) is 0 Å². The summed E-state index contributed by atoms with van der Waals surface area (Å²) in [7, 11) is 1.69. The van der Waals surface area contributed by atoms with Gasteiger partial charge < -0.3 is 10.1 Å². The van der Waals surface area contributed by atoms with Crippen LogP contribution >= 0.6 is 15.9 Å². The largest absolute Gasteiger partial charge is 0.496 e. The van der Waals surface area contributed by atoms with Crippen LogP contribution in [0.2, 0.25) is 0 Å². The molecule has 1 aliphatic carbocycles. The molecule has 0 atom stereocenters. The Morgan fingerprint density at radius 2 is 2.12 bits per heavy atom. The summed E-state index contributed by atoms with van der Waals surface area (Å²) in [6, 6.07) is 6.24. The minimum Gasteiger partial charge on any atom is -0.496 e.